The molecule has 1 aliphatic heterocycles. The minimum Gasteiger partial charge on any atom is -0.395 e. The van der Waals surface area contributed by atoms with Crippen LogP contribution in [0, 0.1) is 5.92 Å². The quantitative estimate of drug-likeness (QED) is 0.635. The van der Waals surface area contributed by atoms with Gasteiger partial charge in [-0.05, 0) is 25.8 Å². The van der Waals surface area contributed by atoms with Crippen LogP contribution in [0.2, 0.25) is 0 Å². The summed E-state index contributed by atoms with van der Waals surface area (Å²) in [5, 5.41) is 18.3. The highest BCUT2D eigenvalue weighted by atomic mass is 16.3. The highest BCUT2D eigenvalue weighted by Crippen LogP contribution is 2.23. The molecule has 0 saturated carbocycles. The topological polar surface area (TPSA) is 43.7 Å². The molecule has 0 amide bonds. The molecule has 3 nitrogen and oxygen atoms in total. The molecular weight excluding hydrogens is 154 g/mol. The molecule has 2 N–H and O–H groups in total. The van der Waals surface area contributed by atoms with E-state index in [1.54, 1.807) is 6.92 Å². The van der Waals surface area contributed by atoms with Crippen LogP contribution in [-0.2, 0) is 0 Å². The molecule has 2 unspecified atom stereocenters. The van der Waals surface area contributed by atoms with Crippen LogP contribution in [0.1, 0.15) is 20.3 Å². The van der Waals surface area contributed by atoms with Gasteiger partial charge in [-0.2, -0.15) is 0 Å². The predicted molar refractivity (Wildman–Crippen MR) is 47.9 cm³/mol. The number of nitrogens with zero attached hydrogens (tertiary/aromatic N) is 1. The number of hydrogen-bond acceptors (Lipinski definition) is 3. The average molecular weight is 173 g/mol. The summed E-state index contributed by atoms with van der Waals surface area (Å²) in [5.74, 6) is 0.564. The van der Waals surface area contributed by atoms with Crippen LogP contribution >= 0.6 is 0 Å². The molecule has 72 valence electrons. The third kappa shape index (κ3) is 2.19. The molecular formula is C9H19NO2. The standard InChI is InChI=1S/C9H19NO2/c1-7-3-4-10(5-8(2)12)9(7)6-11/h7-9,11-12H,3-6H2,1-2H3/t7?,8-,9?/m1/s1. The molecule has 0 aromatic carbocycles. The maximum Gasteiger partial charge on any atom is 0.0639 e. The molecule has 1 fully saturated rings. The highest BCUT2D eigenvalue weighted by molar-refractivity contribution is 4.84. The van der Waals surface area contributed by atoms with Gasteiger partial charge in [0.05, 0.1) is 12.7 Å². The summed E-state index contributed by atoms with van der Waals surface area (Å²) >= 11 is 0. The van der Waals surface area contributed by atoms with Gasteiger partial charge in [-0.15, -0.1) is 0 Å². The molecule has 3 atom stereocenters. The predicted octanol–water partition coefficient (Wildman–Crippen LogP) is 0.0699. The smallest absolute Gasteiger partial charge is 0.0639 e. The highest BCUT2D eigenvalue weighted by Gasteiger charge is 2.30. The van der Waals surface area contributed by atoms with E-state index < -0.39 is 0 Å². The van der Waals surface area contributed by atoms with Gasteiger partial charge in [-0.25, -0.2) is 0 Å². The molecule has 0 aliphatic carbocycles. The second-order valence-corrected chi connectivity index (χ2v) is 3.86. The number of rotatable bonds is 3. The van der Waals surface area contributed by atoms with Crippen molar-refractivity contribution in [1.29, 1.82) is 0 Å². The molecule has 0 spiro atoms. The zero-order chi connectivity index (χ0) is 9.14. The van der Waals surface area contributed by atoms with Gasteiger partial charge >= 0.3 is 0 Å². The van der Waals surface area contributed by atoms with Crippen LogP contribution in [0.25, 0.3) is 0 Å². The number of β-amino-alcohol motifs (C(OH)–C–C–N with tert-alkyl or cyclic N) is 1. The lowest BCUT2D eigenvalue weighted by Crippen LogP contribution is -2.39. The fourth-order valence-corrected chi connectivity index (χ4v) is 1.95. The Bertz CT molecular complexity index is 138. The maximum atomic E-state index is 9.19. The molecule has 3 heteroatoms. The van der Waals surface area contributed by atoms with E-state index in [1.165, 1.54) is 0 Å². The third-order valence-corrected chi connectivity index (χ3v) is 2.68. The first kappa shape index (κ1) is 9.96. The Labute approximate surface area is 74.0 Å². The van der Waals surface area contributed by atoms with Crippen molar-refractivity contribution in [2.75, 3.05) is 19.7 Å². The van der Waals surface area contributed by atoms with E-state index in [1.807, 2.05) is 0 Å². The summed E-state index contributed by atoms with van der Waals surface area (Å²) in [6.07, 6.45) is 0.849. The third-order valence-electron chi connectivity index (χ3n) is 2.68. The average Bonchev–Trinajstić information content (AvgIpc) is 2.30. The molecule has 1 aliphatic rings. The minimum absolute atomic E-state index is 0.216. The van der Waals surface area contributed by atoms with Crippen LogP contribution in [0.15, 0.2) is 0 Å². The number of aliphatic hydroxyl groups excluding tert-OH is 2. The summed E-state index contributed by atoms with van der Waals surface area (Å²) in [6, 6.07) is 0.264. The second kappa shape index (κ2) is 4.21. The van der Waals surface area contributed by atoms with Crippen LogP contribution in [-0.4, -0.2) is 47.0 Å². The Hall–Kier alpha value is -0.120. The van der Waals surface area contributed by atoms with Crippen molar-refractivity contribution in [2.45, 2.75) is 32.4 Å². The van der Waals surface area contributed by atoms with E-state index in [0.29, 0.717) is 12.5 Å². The zero-order valence-electron chi connectivity index (χ0n) is 7.90. The monoisotopic (exact) mass is 173 g/mol. The van der Waals surface area contributed by atoms with Gasteiger partial charge in [0.25, 0.3) is 0 Å². The summed E-state index contributed by atoms with van der Waals surface area (Å²) in [4.78, 5) is 2.18. The lowest BCUT2D eigenvalue weighted by Gasteiger charge is -2.25. The maximum absolute atomic E-state index is 9.19. The lowest BCUT2D eigenvalue weighted by atomic mass is 10.0. The van der Waals surface area contributed by atoms with Crippen molar-refractivity contribution in [1.82, 2.24) is 4.90 Å². The Morgan fingerprint density at radius 3 is 2.75 bits per heavy atom. The molecule has 1 heterocycles. The van der Waals surface area contributed by atoms with Crippen molar-refractivity contribution >= 4 is 0 Å². The fraction of sp³-hybridized carbons (Fsp3) is 1.00. The molecule has 0 aromatic heterocycles. The van der Waals surface area contributed by atoms with E-state index in [0.717, 1.165) is 13.0 Å². The van der Waals surface area contributed by atoms with Gasteiger partial charge in [-0.3, -0.25) is 4.90 Å². The van der Waals surface area contributed by atoms with Gasteiger partial charge in [0.1, 0.15) is 0 Å². The normalized spacial score (nSPS) is 34.0. The first-order valence-electron chi connectivity index (χ1n) is 4.68. The van der Waals surface area contributed by atoms with Gasteiger partial charge in [-0.1, -0.05) is 6.92 Å². The van der Waals surface area contributed by atoms with Crippen LogP contribution in [0.4, 0.5) is 0 Å². The molecule has 0 aromatic rings. The fourth-order valence-electron chi connectivity index (χ4n) is 1.95. The van der Waals surface area contributed by atoms with E-state index in [-0.39, 0.29) is 18.8 Å². The molecule has 0 radical (unpaired) electrons. The van der Waals surface area contributed by atoms with Gasteiger partial charge in [0.2, 0.25) is 0 Å². The SMILES string of the molecule is CC1CCN(C[C@@H](C)O)C1CO. The van der Waals surface area contributed by atoms with Gasteiger partial charge in [0.15, 0.2) is 0 Å². The van der Waals surface area contributed by atoms with E-state index in [9.17, 15) is 5.11 Å². The molecule has 1 saturated heterocycles. The first-order valence-corrected chi connectivity index (χ1v) is 4.68. The lowest BCUT2D eigenvalue weighted by molar-refractivity contribution is 0.0851. The summed E-state index contributed by atoms with van der Waals surface area (Å²) < 4.78 is 0. The minimum atomic E-state index is -0.288. The molecule has 0 bridgehead atoms. The first-order chi connectivity index (χ1) is 5.65. The number of aliphatic hydroxyl groups is 2. The van der Waals surface area contributed by atoms with E-state index in [2.05, 4.69) is 11.8 Å². The Kier molecular flexibility index (Phi) is 3.50. The van der Waals surface area contributed by atoms with Crippen LogP contribution in [0.5, 0.6) is 0 Å². The zero-order valence-corrected chi connectivity index (χ0v) is 7.90. The van der Waals surface area contributed by atoms with Crippen molar-refractivity contribution in [3.05, 3.63) is 0 Å². The van der Waals surface area contributed by atoms with Gasteiger partial charge < -0.3 is 10.2 Å². The summed E-state index contributed by atoms with van der Waals surface area (Å²) in [5.41, 5.74) is 0. The molecule has 1 rings (SSSR count). The van der Waals surface area contributed by atoms with E-state index >= 15 is 0 Å². The van der Waals surface area contributed by atoms with Crippen LogP contribution < -0.4 is 0 Å². The van der Waals surface area contributed by atoms with Crippen molar-refractivity contribution in [3.63, 3.8) is 0 Å². The summed E-state index contributed by atoms with van der Waals surface area (Å²) in [7, 11) is 0. The number of likely N-dealkylation sites (tertiary alicyclic amines) is 1. The summed E-state index contributed by atoms with van der Waals surface area (Å²) in [6.45, 7) is 5.86. The Balaban J connectivity index is 2.43. The number of hydrogen-bond donors (Lipinski definition) is 2. The van der Waals surface area contributed by atoms with Crippen molar-refractivity contribution < 1.29 is 10.2 Å². The Morgan fingerprint density at radius 2 is 2.25 bits per heavy atom. The largest absolute Gasteiger partial charge is 0.395 e. The molecule has 12 heavy (non-hydrogen) atoms. The van der Waals surface area contributed by atoms with Gasteiger partial charge in [0, 0.05) is 12.6 Å². The van der Waals surface area contributed by atoms with E-state index in [4.69, 9.17) is 5.11 Å². The second-order valence-electron chi connectivity index (χ2n) is 3.86. The van der Waals surface area contributed by atoms with Crippen molar-refractivity contribution in [2.24, 2.45) is 5.92 Å². The van der Waals surface area contributed by atoms with Crippen LogP contribution in [0.3, 0.4) is 0 Å². The Morgan fingerprint density at radius 1 is 1.58 bits per heavy atom. The van der Waals surface area contributed by atoms with Crippen molar-refractivity contribution in [3.8, 4) is 0 Å².